The number of rotatable bonds is 8. The summed E-state index contributed by atoms with van der Waals surface area (Å²) < 4.78 is 15.9. The highest BCUT2D eigenvalue weighted by Crippen LogP contribution is 2.05. The van der Waals surface area contributed by atoms with Gasteiger partial charge in [0.25, 0.3) is 0 Å². The molecule has 0 aliphatic carbocycles. The van der Waals surface area contributed by atoms with E-state index in [1.807, 2.05) is 30.3 Å². The van der Waals surface area contributed by atoms with Gasteiger partial charge in [0, 0.05) is 27.0 Å². The zero-order valence-corrected chi connectivity index (χ0v) is 11.5. The van der Waals surface area contributed by atoms with Crippen molar-refractivity contribution in [2.24, 2.45) is 0 Å². The number of hydrogen-bond donors (Lipinski definition) is 2. The number of hydrogen-bond acceptors (Lipinski definition) is 5. The van der Waals surface area contributed by atoms with Crippen LogP contribution in [0.3, 0.4) is 0 Å². The molecule has 0 spiro atoms. The summed E-state index contributed by atoms with van der Waals surface area (Å²) in [4.78, 5) is 0. The summed E-state index contributed by atoms with van der Waals surface area (Å²) in [7, 11) is 2.30. The summed E-state index contributed by atoms with van der Waals surface area (Å²) in [6.07, 6.45) is 0.566. The van der Waals surface area contributed by atoms with E-state index < -0.39 is 8.80 Å². The molecule has 0 saturated carbocycles. The fourth-order valence-electron chi connectivity index (χ4n) is 1.40. The molecular weight excluding hydrogens is 236 g/mol. The normalized spacial score (nSPS) is 11.5. The monoisotopic (exact) mass is 256 g/mol. The molecule has 6 heteroatoms. The van der Waals surface area contributed by atoms with E-state index in [9.17, 15) is 0 Å². The number of anilines is 1. The lowest BCUT2D eigenvalue weighted by atomic mass is 10.3. The van der Waals surface area contributed by atoms with E-state index in [0.717, 1.165) is 5.69 Å². The van der Waals surface area contributed by atoms with Crippen molar-refractivity contribution >= 4 is 14.5 Å². The minimum absolute atomic E-state index is 0.566. The summed E-state index contributed by atoms with van der Waals surface area (Å²) in [5.41, 5.74) is 1.07. The van der Waals surface area contributed by atoms with E-state index in [4.69, 9.17) is 13.3 Å². The summed E-state index contributed by atoms with van der Waals surface area (Å²) in [5.74, 6) is 0. The maximum Gasteiger partial charge on any atom is 0.514 e. The van der Waals surface area contributed by atoms with E-state index >= 15 is 0 Å². The largest absolute Gasteiger partial charge is 0.514 e. The molecular formula is C11H20N2O3Si. The number of benzene rings is 1. The molecule has 0 aliphatic rings. The van der Waals surface area contributed by atoms with E-state index in [1.165, 1.54) is 0 Å². The molecule has 5 nitrogen and oxygen atoms in total. The van der Waals surface area contributed by atoms with E-state index in [1.54, 1.807) is 21.3 Å². The zero-order chi connectivity index (χ0) is 12.6. The van der Waals surface area contributed by atoms with Gasteiger partial charge in [0.05, 0.1) is 12.8 Å². The van der Waals surface area contributed by atoms with Crippen molar-refractivity contribution in [3.05, 3.63) is 30.3 Å². The molecule has 1 aromatic carbocycles. The van der Waals surface area contributed by atoms with E-state index in [-0.39, 0.29) is 0 Å². The first kappa shape index (κ1) is 14.1. The second-order valence-corrected chi connectivity index (χ2v) is 6.39. The Labute approximate surface area is 103 Å². The quantitative estimate of drug-likeness (QED) is 0.414. The van der Waals surface area contributed by atoms with Crippen molar-refractivity contribution in [1.82, 2.24) is 5.32 Å². The van der Waals surface area contributed by atoms with E-state index in [0.29, 0.717) is 12.8 Å². The molecule has 0 radical (unpaired) electrons. The standard InChI is InChI=1S/C11H20N2O3Si/c1-14-17(15-2,16-3)10-12-9-13-11-7-5-4-6-8-11/h4-8,12-13H,9-10H2,1-3H3. The Balaban J connectivity index is 2.28. The Bertz CT molecular complexity index is 299. The summed E-state index contributed by atoms with van der Waals surface area (Å²) >= 11 is 0. The Morgan fingerprint density at radius 2 is 1.59 bits per heavy atom. The molecule has 2 N–H and O–H groups in total. The average molecular weight is 256 g/mol. The van der Waals surface area contributed by atoms with Gasteiger partial charge in [-0.15, -0.1) is 0 Å². The smallest absolute Gasteiger partial charge is 0.376 e. The molecule has 0 aromatic heterocycles. The molecule has 0 fully saturated rings. The van der Waals surface area contributed by atoms with Crippen molar-refractivity contribution in [3.8, 4) is 0 Å². The predicted molar refractivity (Wildman–Crippen MR) is 69.7 cm³/mol. The van der Waals surface area contributed by atoms with Crippen LogP contribution in [-0.2, 0) is 13.3 Å². The Morgan fingerprint density at radius 1 is 1.00 bits per heavy atom. The highest BCUT2D eigenvalue weighted by molar-refractivity contribution is 6.60. The van der Waals surface area contributed by atoms with Crippen LogP contribution >= 0.6 is 0 Å². The fourth-order valence-corrected chi connectivity index (χ4v) is 2.77. The second-order valence-electron chi connectivity index (χ2n) is 3.44. The van der Waals surface area contributed by atoms with Gasteiger partial charge < -0.3 is 18.6 Å². The van der Waals surface area contributed by atoms with Crippen LogP contribution in [-0.4, -0.2) is 43.0 Å². The molecule has 1 aromatic rings. The number of para-hydroxylation sites is 1. The summed E-state index contributed by atoms with van der Waals surface area (Å²) in [6.45, 7) is 0.634. The lowest BCUT2D eigenvalue weighted by Crippen LogP contribution is -2.52. The molecule has 1 rings (SSSR count). The first-order chi connectivity index (χ1) is 8.26. The molecule has 0 aliphatic heterocycles. The summed E-state index contributed by atoms with van der Waals surface area (Å²) in [5, 5.41) is 6.44. The van der Waals surface area contributed by atoms with E-state index in [2.05, 4.69) is 10.6 Å². The highest BCUT2D eigenvalue weighted by atomic mass is 28.4. The van der Waals surface area contributed by atoms with Crippen molar-refractivity contribution < 1.29 is 13.3 Å². The Kier molecular flexibility index (Phi) is 6.16. The van der Waals surface area contributed by atoms with Gasteiger partial charge in [-0.2, -0.15) is 0 Å². The lowest BCUT2D eigenvalue weighted by molar-refractivity contribution is 0.122. The van der Waals surface area contributed by atoms with Gasteiger partial charge in [-0.25, -0.2) is 0 Å². The maximum atomic E-state index is 5.29. The van der Waals surface area contributed by atoms with Crippen molar-refractivity contribution in [2.45, 2.75) is 0 Å². The van der Waals surface area contributed by atoms with Crippen LogP contribution in [0.1, 0.15) is 0 Å². The van der Waals surface area contributed by atoms with Crippen LogP contribution in [0.15, 0.2) is 30.3 Å². The average Bonchev–Trinajstić information content (AvgIpc) is 2.41. The topological polar surface area (TPSA) is 51.8 Å². The lowest BCUT2D eigenvalue weighted by Gasteiger charge is -2.24. The van der Waals surface area contributed by atoms with Gasteiger partial charge in [0.2, 0.25) is 0 Å². The third kappa shape index (κ3) is 4.45. The highest BCUT2D eigenvalue weighted by Gasteiger charge is 2.37. The van der Waals surface area contributed by atoms with Gasteiger partial charge in [-0.05, 0) is 12.1 Å². The third-order valence-electron chi connectivity index (χ3n) is 2.47. The molecule has 17 heavy (non-hydrogen) atoms. The Hall–Kier alpha value is -0.923. The molecule has 0 saturated heterocycles. The molecule has 0 amide bonds. The van der Waals surface area contributed by atoms with Crippen LogP contribution in [0.4, 0.5) is 5.69 Å². The third-order valence-corrected chi connectivity index (χ3v) is 5.01. The molecule has 0 atom stereocenters. The maximum absolute atomic E-state index is 5.29. The van der Waals surface area contributed by atoms with Gasteiger partial charge in [0.15, 0.2) is 0 Å². The first-order valence-corrected chi connectivity index (χ1v) is 7.34. The van der Waals surface area contributed by atoms with Crippen LogP contribution < -0.4 is 10.6 Å². The van der Waals surface area contributed by atoms with Crippen molar-refractivity contribution in [1.29, 1.82) is 0 Å². The first-order valence-electron chi connectivity index (χ1n) is 5.41. The molecule has 96 valence electrons. The van der Waals surface area contributed by atoms with Crippen molar-refractivity contribution in [2.75, 3.05) is 39.5 Å². The fraction of sp³-hybridized carbons (Fsp3) is 0.455. The zero-order valence-electron chi connectivity index (χ0n) is 10.5. The minimum atomic E-state index is -2.51. The Morgan fingerprint density at radius 3 is 2.12 bits per heavy atom. The van der Waals surface area contributed by atoms with Gasteiger partial charge in [-0.1, -0.05) is 18.2 Å². The van der Waals surface area contributed by atoms with Crippen LogP contribution in [0.25, 0.3) is 0 Å². The SMILES string of the molecule is CO[Si](CNCNc1ccccc1)(OC)OC. The second kappa shape index (κ2) is 7.41. The molecule has 0 bridgehead atoms. The molecule has 0 heterocycles. The van der Waals surface area contributed by atoms with Crippen LogP contribution in [0.5, 0.6) is 0 Å². The minimum Gasteiger partial charge on any atom is -0.376 e. The van der Waals surface area contributed by atoms with Crippen LogP contribution in [0.2, 0.25) is 0 Å². The number of nitrogens with one attached hydrogen (secondary N) is 2. The van der Waals surface area contributed by atoms with Gasteiger partial charge in [0.1, 0.15) is 0 Å². The van der Waals surface area contributed by atoms with Gasteiger partial charge >= 0.3 is 8.80 Å². The summed E-state index contributed by atoms with van der Waals surface area (Å²) in [6, 6.07) is 9.98. The predicted octanol–water partition coefficient (Wildman–Crippen LogP) is 1.06. The molecule has 0 unspecified atom stereocenters. The van der Waals surface area contributed by atoms with Crippen molar-refractivity contribution in [3.63, 3.8) is 0 Å². The van der Waals surface area contributed by atoms with Gasteiger partial charge in [-0.3, -0.25) is 5.32 Å². The van der Waals surface area contributed by atoms with Crippen LogP contribution in [0, 0.1) is 0 Å².